The van der Waals surface area contributed by atoms with E-state index in [0.29, 0.717) is 12.1 Å². The van der Waals surface area contributed by atoms with Gasteiger partial charge in [0.25, 0.3) is 0 Å². The van der Waals surface area contributed by atoms with E-state index in [0.717, 1.165) is 5.25 Å². The first-order valence-corrected chi connectivity index (χ1v) is 6.37. The average molecular weight is 203 g/mol. The summed E-state index contributed by atoms with van der Waals surface area (Å²) < 4.78 is 0. The lowest BCUT2D eigenvalue weighted by atomic mass is 10.2. The minimum atomic E-state index is 0.674. The highest BCUT2D eigenvalue weighted by Crippen LogP contribution is 2.11. The summed E-state index contributed by atoms with van der Waals surface area (Å²) in [5.74, 6) is 1.26. The monoisotopic (exact) mass is 203 g/mol. The minimum Gasteiger partial charge on any atom is -0.298 e. The summed E-state index contributed by atoms with van der Waals surface area (Å²) in [5, 5.41) is 0.765. The molecule has 0 aliphatic rings. The van der Waals surface area contributed by atoms with Crippen LogP contribution in [0.15, 0.2) is 0 Å². The molecule has 1 nitrogen and oxygen atoms in total. The van der Waals surface area contributed by atoms with Crippen LogP contribution in [0.4, 0.5) is 0 Å². The summed E-state index contributed by atoms with van der Waals surface area (Å²) in [6, 6.07) is 1.35. The van der Waals surface area contributed by atoms with Crippen molar-refractivity contribution in [3.8, 4) is 0 Å². The van der Waals surface area contributed by atoms with Crippen molar-refractivity contribution in [3.63, 3.8) is 0 Å². The standard InChI is InChI=1S/C11H25NS/c1-9(2)12(10(3)4)7-8-13-11(5)6/h9-11H,7-8H2,1-6H3. The van der Waals surface area contributed by atoms with Crippen molar-refractivity contribution in [3.05, 3.63) is 0 Å². The fourth-order valence-corrected chi connectivity index (χ4v) is 2.29. The number of thioether (sulfide) groups is 1. The Morgan fingerprint density at radius 2 is 1.38 bits per heavy atom. The van der Waals surface area contributed by atoms with Crippen LogP contribution in [-0.4, -0.2) is 34.5 Å². The third-order valence-electron chi connectivity index (χ3n) is 2.13. The molecular formula is C11H25NS. The third-order valence-corrected chi connectivity index (χ3v) is 3.21. The van der Waals surface area contributed by atoms with Gasteiger partial charge in [0.05, 0.1) is 0 Å². The predicted molar refractivity (Wildman–Crippen MR) is 64.6 cm³/mol. The molecule has 0 aliphatic carbocycles. The molecule has 13 heavy (non-hydrogen) atoms. The molecule has 0 rings (SSSR count). The zero-order valence-corrected chi connectivity index (χ0v) is 10.8. The van der Waals surface area contributed by atoms with Gasteiger partial charge in [-0.05, 0) is 32.9 Å². The molecule has 0 aromatic heterocycles. The Bertz CT molecular complexity index is 113. The van der Waals surface area contributed by atoms with Gasteiger partial charge in [-0.2, -0.15) is 11.8 Å². The van der Waals surface area contributed by atoms with Gasteiger partial charge in [-0.25, -0.2) is 0 Å². The van der Waals surface area contributed by atoms with Crippen molar-refractivity contribution in [2.45, 2.75) is 58.9 Å². The van der Waals surface area contributed by atoms with Gasteiger partial charge in [-0.3, -0.25) is 4.90 Å². The van der Waals surface area contributed by atoms with Crippen LogP contribution >= 0.6 is 11.8 Å². The van der Waals surface area contributed by atoms with Gasteiger partial charge >= 0.3 is 0 Å². The molecule has 0 N–H and O–H groups in total. The van der Waals surface area contributed by atoms with Crippen LogP contribution in [-0.2, 0) is 0 Å². The minimum absolute atomic E-state index is 0.674. The van der Waals surface area contributed by atoms with Crippen molar-refractivity contribution in [2.24, 2.45) is 0 Å². The largest absolute Gasteiger partial charge is 0.298 e. The second-order valence-corrected chi connectivity index (χ2v) is 6.03. The molecular weight excluding hydrogens is 178 g/mol. The van der Waals surface area contributed by atoms with Crippen LogP contribution in [0.1, 0.15) is 41.5 Å². The van der Waals surface area contributed by atoms with Gasteiger partial charge in [-0.15, -0.1) is 0 Å². The van der Waals surface area contributed by atoms with Crippen LogP contribution in [0.3, 0.4) is 0 Å². The molecule has 0 amide bonds. The van der Waals surface area contributed by atoms with E-state index in [4.69, 9.17) is 0 Å². The molecule has 0 saturated carbocycles. The zero-order valence-electron chi connectivity index (χ0n) is 10.0. The van der Waals surface area contributed by atoms with Gasteiger partial charge in [-0.1, -0.05) is 13.8 Å². The summed E-state index contributed by atoms with van der Waals surface area (Å²) in [4.78, 5) is 2.55. The van der Waals surface area contributed by atoms with Crippen molar-refractivity contribution in [1.29, 1.82) is 0 Å². The summed E-state index contributed by atoms with van der Waals surface area (Å²) >= 11 is 2.05. The summed E-state index contributed by atoms with van der Waals surface area (Å²) in [7, 11) is 0. The van der Waals surface area contributed by atoms with Gasteiger partial charge in [0.1, 0.15) is 0 Å². The Balaban J connectivity index is 3.70. The van der Waals surface area contributed by atoms with Gasteiger partial charge < -0.3 is 0 Å². The molecule has 0 spiro atoms. The Morgan fingerprint density at radius 3 is 1.69 bits per heavy atom. The lowest BCUT2D eigenvalue weighted by molar-refractivity contribution is 0.187. The van der Waals surface area contributed by atoms with Crippen molar-refractivity contribution < 1.29 is 0 Å². The Kier molecular flexibility index (Phi) is 6.88. The van der Waals surface area contributed by atoms with Crippen LogP contribution in [0.5, 0.6) is 0 Å². The maximum atomic E-state index is 2.55. The molecule has 2 heteroatoms. The Morgan fingerprint density at radius 1 is 0.923 bits per heavy atom. The molecule has 0 heterocycles. The number of hydrogen-bond acceptors (Lipinski definition) is 2. The molecule has 0 bridgehead atoms. The number of nitrogens with zero attached hydrogens (tertiary/aromatic N) is 1. The van der Waals surface area contributed by atoms with Crippen LogP contribution in [0.25, 0.3) is 0 Å². The first-order chi connectivity index (χ1) is 5.95. The van der Waals surface area contributed by atoms with Crippen molar-refractivity contribution in [1.82, 2.24) is 4.90 Å². The fraction of sp³-hybridized carbons (Fsp3) is 1.00. The second-order valence-electron chi connectivity index (χ2n) is 4.34. The van der Waals surface area contributed by atoms with E-state index in [1.165, 1.54) is 12.3 Å². The second kappa shape index (κ2) is 6.72. The zero-order chi connectivity index (χ0) is 10.4. The molecule has 0 aliphatic heterocycles. The molecule has 0 aromatic carbocycles. The van der Waals surface area contributed by atoms with Crippen LogP contribution in [0, 0.1) is 0 Å². The van der Waals surface area contributed by atoms with E-state index in [-0.39, 0.29) is 0 Å². The van der Waals surface area contributed by atoms with E-state index in [9.17, 15) is 0 Å². The Labute approximate surface area is 88.3 Å². The van der Waals surface area contributed by atoms with E-state index in [1.54, 1.807) is 0 Å². The molecule has 0 atom stereocenters. The smallest absolute Gasteiger partial charge is 0.00779 e. The van der Waals surface area contributed by atoms with Gasteiger partial charge in [0.15, 0.2) is 0 Å². The topological polar surface area (TPSA) is 3.24 Å². The van der Waals surface area contributed by atoms with E-state index >= 15 is 0 Å². The van der Waals surface area contributed by atoms with Crippen LogP contribution < -0.4 is 0 Å². The maximum Gasteiger partial charge on any atom is 0.00779 e. The highest BCUT2D eigenvalue weighted by molar-refractivity contribution is 7.99. The van der Waals surface area contributed by atoms with Crippen LogP contribution in [0.2, 0.25) is 0 Å². The predicted octanol–water partition coefficient (Wildman–Crippen LogP) is 3.25. The lowest BCUT2D eigenvalue weighted by Gasteiger charge is -2.30. The average Bonchev–Trinajstić information content (AvgIpc) is 1.95. The lowest BCUT2D eigenvalue weighted by Crippen LogP contribution is -2.38. The van der Waals surface area contributed by atoms with E-state index in [1.807, 2.05) is 0 Å². The highest BCUT2D eigenvalue weighted by atomic mass is 32.2. The van der Waals surface area contributed by atoms with E-state index < -0.39 is 0 Å². The SMILES string of the molecule is CC(C)SCCN(C(C)C)C(C)C. The normalized spacial score (nSPS) is 12.5. The van der Waals surface area contributed by atoms with E-state index in [2.05, 4.69) is 58.2 Å². The molecule has 80 valence electrons. The summed E-state index contributed by atoms with van der Waals surface area (Å²) in [5.41, 5.74) is 0. The van der Waals surface area contributed by atoms with Gasteiger partial charge in [0.2, 0.25) is 0 Å². The first-order valence-electron chi connectivity index (χ1n) is 5.32. The number of hydrogen-bond donors (Lipinski definition) is 0. The highest BCUT2D eigenvalue weighted by Gasteiger charge is 2.12. The van der Waals surface area contributed by atoms with Crippen molar-refractivity contribution >= 4 is 11.8 Å². The Hall–Kier alpha value is 0.310. The van der Waals surface area contributed by atoms with Gasteiger partial charge in [0, 0.05) is 24.4 Å². The molecule has 0 fully saturated rings. The third kappa shape index (κ3) is 6.39. The molecule has 0 unspecified atom stereocenters. The fourth-order valence-electron chi connectivity index (χ4n) is 1.51. The quantitative estimate of drug-likeness (QED) is 0.652. The maximum absolute atomic E-state index is 2.55. The molecule has 0 aromatic rings. The summed E-state index contributed by atoms with van der Waals surface area (Å²) in [6.45, 7) is 14.9. The van der Waals surface area contributed by atoms with Crippen molar-refractivity contribution in [2.75, 3.05) is 12.3 Å². The molecule has 0 saturated heterocycles. The first kappa shape index (κ1) is 13.3. The number of rotatable bonds is 6. The molecule has 0 radical (unpaired) electrons. The summed E-state index contributed by atoms with van der Waals surface area (Å²) in [6.07, 6.45) is 0.